The minimum atomic E-state index is 0.161. The second-order valence-electron chi connectivity index (χ2n) is 4.41. The zero-order chi connectivity index (χ0) is 9.47. The molecule has 68 valence electrons. The van der Waals surface area contributed by atoms with Gasteiger partial charge in [0.2, 0.25) is 0 Å². The van der Waals surface area contributed by atoms with Crippen LogP contribution in [0.3, 0.4) is 0 Å². The number of aromatic nitrogens is 1. The number of hydrogen-bond acceptors (Lipinski definition) is 2. The van der Waals surface area contributed by atoms with Gasteiger partial charge in [0.05, 0.1) is 18.1 Å². The maximum absolute atomic E-state index is 4.36. The molecule has 0 bridgehead atoms. The van der Waals surface area contributed by atoms with Crippen molar-refractivity contribution in [2.24, 2.45) is 4.99 Å². The Kier molecular flexibility index (Phi) is 1.72. The predicted molar refractivity (Wildman–Crippen MR) is 53.1 cm³/mol. The predicted octanol–water partition coefficient (Wildman–Crippen LogP) is 0.793. The van der Waals surface area contributed by atoms with Crippen LogP contribution in [-0.2, 0) is 5.41 Å². The van der Waals surface area contributed by atoms with Gasteiger partial charge >= 0.3 is 0 Å². The van der Waals surface area contributed by atoms with E-state index in [1.165, 1.54) is 10.8 Å². The summed E-state index contributed by atoms with van der Waals surface area (Å²) in [5, 5.41) is 2.33. The standard InChI is InChI=1S/C11H14N2/c1-11(2,3)9-6-12-7-10-8(9)4-5-13-10/h4,6-7H,5H2,1-3H3. The van der Waals surface area contributed by atoms with Gasteiger partial charge in [-0.2, -0.15) is 0 Å². The first-order valence-corrected chi connectivity index (χ1v) is 4.58. The van der Waals surface area contributed by atoms with Gasteiger partial charge in [-0.3, -0.25) is 9.98 Å². The largest absolute Gasteiger partial charge is 0.279 e. The number of hydrogen-bond donors (Lipinski definition) is 0. The molecule has 2 rings (SSSR count). The third kappa shape index (κ3) is 1.37. The maximum atomic E-state index is 4.36. The average molecular weight is 174 g/mol. The number of fused-ring (bicyclic) bond motifs is 1. The second-order valence-corrected chi connectivity index (χ2v) is 4.41. The molecule has 2 heteroatoms. The van der Waals surface area contributed by atoms with Gasteiger partial charge in [0.1, 0.15) is 0 Å². The number of rotatable bonds is 0. The summed E-state index contributed by atoms with van der Waals surface area (Å²) < 4.78 is 0. The Hall–Kier alpha value is -1.18. The van der Waals surface area contributed by atoms with Crippen LogP contribution >= 0.6 is 0 Å². The van der Waals surface area contributed by atoms with Crippen molar-refractivity contribution in [1.82, 2.24) is 4.98 Å². The molecular formula is C11H14N2. The molecule has 1 aliphatic heterocycles. The Balaban J connectivity index is 2.77. The summed E-state index contributed by atoms with van der Waals surface area (Å²) in [5.41, 5.74) is 1.46. The minimum Gasteiger partial charge on any atom is -0.279 e. The fourth-order valence-corrected chi connectivity index (χ4v) is 1.63. The van der Waals surface area contributed by atoms with Gasteiger partial charge < -0.3 is 0 Å². The van der Waals surface area contributed by atoms with Crippen molar-refractivity contribution in [3.05, 3.63) is 28.5 Å². The van der Waals surface area contributed by atoms with Crippen LogP contribution in [0.1, 0.15) is 26.3 Å². The van der Waals surface area contributed by atoms with Crippen LogP contribution in [0.4, 0.5) is 0 Å². The monoisotopic (exact) mass is 174 g/mol. The van der Waals surface area contributed by atoms with E-state index in [2.05, 4.69) is 36.8 Å². The Morgan fingerprint density at radius 1 is 1.23 bits per heavy atom. The molecular weight excluding hydrogens is 160 g/mol. The van der Waals surface area contributed by atoms with Crippen molar-refractivity contribution >= 4 is 6.08 Å². The molecule has 0 saturated carbocycles. The summed E-state index contributed by atoms with van der Waals surface area (Å²) in [6, 6.07) is 0. The lowest BCUT2D eigenvalue weighted by atomic mass is 9.87. The number of nitrogens with zero attached hydrogens (tertiary/aromatic N) is 2. The van der Waals surface area contributed by atoms with Crippen LogP contribution in [0.5, 0.6) is 0 Å². The van der Waals surface area contributed by atoms with Crippen molar-refractivity contribution < 1.29 is 0 Å². The fourth-order valence-electron chi connectivity index (χ4n) is 1.63. The van der Waals surface area contributed by atoms with E-state index in [9.17, 15) is 0 Å². The van der Waals surface area contributed by atoms with Crippen molar-refractivity contribution in [1.29, 1.82) is 0 Å². The highest BCUT2D eigenvalue weighted by Gasteiger charge is 2.16. The molecule has 0 unspecified atom stereocenters. The highest BCUT2D eigenvalue weighted by atomic mass is 14.8. The molecule has 1 aromatic rings. The van der Waals surface area contributed by atoms with E-state index in [1.807, 2.05) is 12.4 Å². The summed E-state index contributed by atoms with van der Waals surface area (Å²) in [4.78, 5) is 8.56. The second kappa shape index (κ2) is 2.66. The molecule has 0 radical (unpaired) electrons. The van der Waals surface area contributed by atoms with Gasteiger partial charge in [0.15, 0.2) is 0 Å². The van der Waals surface area contributed by atoms with E-state index in [-0.39, 0.29) is 5.41 Å². The molecule has 0 spiro atoms. The Morgan fingerprint density at radius 3 is 2.69 bits per heavy atom. The van der Waals surface area contributed by atoms with Gasteiger partial charge in [-0.05, 0) is 11.0 Å². The molecule has 0 N–H and O–H groups in total. The van der Waals surface area contributed by atoms with Crippen LogP contribution in [-0.4, -0.2) is 11.5 Å². The molecule has 1 aromatic heterocycles. The van der Waals surface area contributed by atoms with Gasteiger partial charge in [0.25, 0.3) is 0 Å². The molecule has 0 saturated heterocycles. The highest BCUT2D eigenvalue weighted by Crippen LogP contribution is 2.16. The van der Waals surface area contributed by atoms with Crippen molar-refractivity contribution in [2.75, 3.05) is 6.54 Å². The molecule has 0 fully saturated rings. The minimum absolute atomic E-state index is 0.161. The van der Waals surface area contributed by atoms with E-state index >= 15 is 0 Å². The Labute approximate surface area is 78.0 Å². The molecule has 2 heterocycles. The maximum Gasteiger partial charge on any atom is 0.0834 e. The topological polar surface area (TPSA) is 25.2 Å². The zero-order valence-electron chi connectivity index (χ0n) is 8.33. The number of pyridine rings is 1. The van der Waals surface area contributed by atoms with Crippen LogP contribution in [0, 0.1) is 0 Å². The fraction of sp³-hybridized carbons (Fsp3) is 0.455. The Morgan fingerprint density at radius 2 is 2.00 bits per heavy atom. The van der Waals surface area contributed by atoms with Gasteiger partial charge in [0, 0.05) is 11.4 Å². The van der Waals surface area contributed by atoms with Crippen LogP contribution in [0.15, 0.2) is 17.4 Å². The summed E-state index contributed by atoms with van der Waals surface area (Å²) in [6.45, 7) is 7.42. The summed E-state index contributed by atoms with van der Waals surface area (Å²) in [6.07, 6.45) is 5.97. The molecule has 0 amide bonds. The summed E-state index contributed by atoms with van der Waals surface area (Å²) in [5.74, 6) is 0. The van der Waals surface area contributed by atoms with Crippen LogP contribution in [0.25, 0.3) is 6.08 Å². The average Bonchev–Trinajstić information content (AvgIpc) is 2.48. The Bertz CT molecular complexity index is 438. The lowest BCUT2D eigenvalue weighted by Crippen LogP contribution is -2.32. The summed E-state index contributed by atoms with van der Waals surface area (Å²) >= 11 is 0. The van der Waals surface area contributed by atoms with Crippen molar-refractivity contribution in [3.63, 3.8) is 0 Å². The van der Waals surface area contributed by atoms with Gasteiger partial charge in [-0.1, -0.05) is 26.8 Å². The van der Waals surface area contributed by atoms with E-state index in [0.717, 1.165) is 11.9 Å². The quantitative estimate of drug-likeness (QED) is 0.571. The van der Waals surface area contributed by atoms with E-state index in [0.29, 0.717) is 0 Å². The molecule has 13 heavy (non-hydrogen) atoms. The third-order valence-corrected chi connectivity index (χ3v) is 2.33. The van der Waals surface area contributed by atoms with Gasteiger partial charge in [-0.15, -0.1) is 0 Å². The van der Waals surface area contributed by atoms with Gasteiger partial charge in [-0.25, -0.2) is 0 Å². The first-order chi connectivity index (χ1) is 6.09. The first-order valence-electron chi connectivity index (χ1n) is 4.58. The zero-order valence-corrected chi connectivity index (χ0v) is 8.33. The lowest BCUT2D eigenvalue weighted by Gasteiger charge is -2.18. The molecule has 1 aliphatic rings. The first kappa shape index (κ1) is 8.42. The molecule has 2 nitrogen and oxygen atoms in total. The summed E-state index contributed by atoms with van der Waals surface area (Å²) in [7, 11) is 0. The SMILES string of the molecule is CC(C)(C)c1cncc2c1=CCN=2. The molecule has 0 aromatic carbocycles. The van der Waals surface area contributed by atoms with E-state index in [4.69, 9.17) is 0 Å². The van der Waals surface area contributed by atoms with Crippen molar-refractivity contribution in [2.45, 2.75) is 26.2 Å². The van der Waals surface area contributed by atoms with Crippen molar-refractivity contribution in [3.8, 4) is 0 Å². The molecule has 0 aliphatic carbocycles. The lowest BCUT2D eigenvalue weighted by molar-refractivity contribution is 0.582. The van der Waals surface area contributed by atoms with E-state index < -0.39 is 0 Å². The van der Waals surface area contributed by atoms with Crippen LogP contribution < -0.4 is 10.6 Å². The molecule has 0 atom stereocenters. The van der Waals surface area contributed by atoms with Crippen LogP contribution in [0.2, 0.25) is 0 Å². The third-order valence-electron chi connectivity index (χ3n) is 2.33. The normalized spacial score (nSPS) is 14.7. The van der Waals surface area contributed by atoms with E-state index in [1.54, 1.807) is 0 Å². The smallest absolute Gasteiger partial charge is 0.0834 e. The highest BCUT2D eigenvalue weighted by molar-refractivity contribution is 5.35.